The second kappa shape index (κ2) is 8.68. The Morgan fingerprint density at radius 2 is 1.71 bits per heavy atom. The molecule has 7 nitrogen and oxygen atoms in total. The second-order valence-corrected chi connectivity index (χ2v) is 5.87. The van der Waals surface area contributed by atoms with E-state index in [4.69, 9.17) is 9.47 Å². The van der Waals surface area contributed by atoms with E-state index in [0.29, 0.717) is 23.7 Å². The number of hydrogen-bond donors (Lipinski definition) is 1. The molecule has 0 unspecified atom stereocenters. The number of nitro benzene ring substituents is 1. The minimum atomic E-state index is -0.545. The van der Waals surface area contributed by atoms with Crippen LogP contribution >= 0.6 is 0 Å². The highest BCUT2D eigenvalue weighted by Gasteiger charge is 2.17. The molecule has 1 amide bonds. The Kier molecular flexibility index (Phi) is 5.86. The highest BCUT2D eigenvalue weighted by Crippen LogP contribution is 2.30. The number of amides is 1. The number of anilines is 1. The van der Waals surface area contributed by atoms with E-state index in [9.17, 15) is 14.9 Å². The molecule has 7 heteroatoms. The fraction of sp³-hybridized carbons (Fsp3) is 0.0952. The lowest BCUT2D eigenvalue weighted by molar-refractivity contribution is -0.383. The summed E-state index contributed by atoms with van der Waals surface area (Å²) in [5.74, 6) is 0.405. The van der Waals surface area contributed by atoms with Gasteiger partial charge in [0.25, 0.3) is 11.6 Å². The van der Waals surface area contributed by atoms with Gasteiger partial charge in [-0.15, -0.1) is 0 Å². The lowest BCUT2D eigenvalue weighted by atomic mass is 10.1. The van der Waals surface area contributed by atoms with Crippen LogP contribution in [0.25, 0.3) is 0 Å². The van der Waals surface area contributed by atoms with Gasteiger partial charge in [0, 0.05) is 11.6 Å². The van der Waals surface area contributed by atoms with Gasteiger partial charge in [-0.2, -0.15) is 0 Å². The van der Waals surface area contributed by atoms with Gasteiger partial charge < -0.3 is 14.8 Å². The Labute approximate surface area is 161 Å². The summed E-state index contributed by atoms with van der Waals surface area (Å²) in [6, 6.07) is 20.4. The zero-order chi connectivity index (χ0) is 19.9. The predicted octanol–water partition coefficient (Wildman–Crippen LogP) is 4.43. The maximum absolute atomic E-state index is 12.5. The number of rotatable bonds is 7. The van der Waals surface area contributed by atoms with Gasteiger partial charge in [0.2, 0.25) is 0 Å². The van der Waals surface area contributed by atoms with Crippen LogP contribution in [0.4, 0.5) is 11.4 Å². The van der Waals surface area contributed by atoms with Crippen LogP contribution in [-0.2, 0) is 6.61 Å². The minimum Gasteiger partial charge on any atom is -0.493 e. The molecule has 3 rings (SSSR count). The van der Waals surface area contributed by atoms with Crippen molar-refractivity contribution in [1.29, 1.82) is 0 Å². The molecule has 3 aromatic carbocycles. The molecule has 0 bridgehead atoms. The van der Waals surface area contributed by atoms with Crippen LogP contribution < -0.4 is 14.8 Å². The first kappa shape index (κ1) is 18.9. The summed E-state index contributed by atoms with van der Waals surface area (Å²) in [7, 11) is 1.48. The molecule has 0 saturated carbocycles. The minimum absolute atomic E-state index is 0.126. The summed E-state index contributed by atoms with van der Waals surface area (Å²) in [4.78, 5) is 23.1. The van der Waals surface area contributed by atoms with E-state index in [1.54, 1.807) is 18.2 Å². The fourth-order valence-electron chi connectivity index (χ4n) is 2.60. The largest absolute Gasteiger partial charge is 0.493 e. The van der Waals surface area contributed by atoms with E-state index in [-0.39, 0.29) is 11.4 Å². The first-order chi connectivity index (χ1) is 13.6. The van der Waals surface area contributed by atoms with E-state index < -0.39 is 10.8 Å². The third-order valence-corrected chi connectivity index (χ3v) is 4.01. The molecule has 0 radical (unpaired) electrons. The van der Waals surface area contributed by atoms with Crippen LogP contribution in [0.2, 0.25) is 0 Å². The van der Waals surface area contributed by atoms with Crippen LogP contribution in [-0.4, -0.2) is 17.9 Å². The number of nitrogens with one attached hydrogen (secondary N) is 1. The highest BCUT2D eigenvalue weighted by molar-refractivity contribution is 6.05. The van der Waals surface area contributed by atoms with Crippen molar-refractivity contribution in [3.8, 4) is 11.5 Å². The van der Waals surface area contributed by atoms with Crippen molar-refractivity contribution in [1.82, 2.24) is 0 Å². The molecule has 142 valence electrons. The lowest BCUT2D eigenvalue weighted by Crippen LogP contribution is -2.13. The van der Waals surface area contributed by atoms with Gasteiger partial charge in [-0.05, 0) is 29.8 Å². The van der Waals surface area contributed by atoms with Crippen molar-refractivity contribution in [2.24, 2.45) is 0 Å². The van der Waals surface area contributed by atoms with Gasteiger partial charge in [-0.1, -0.05) is 42.5 Å². The molecule has 0 fully saturated rings. The van der Waals surface area contributed by atoms with Gasteiger partial charge >= 0.3 is 0 Å². The Hall–Kier alpha value is -3.87. The SMILES string of the molecule is COc1cc(C(=O)Nc2ccccc2[N+](=O)[O-])ccc1OCc1ccccc1. The van der Waals surface area contributed by atoms with Crippen molar-refractivity contribution in [2.75, 3.05) is 12.4 Å². The van der Waals surface area contributed by atoms with E-state index >= 15 is 0 Å². The molecule has 0 spiro atoms. The topological polar surface area (TPSA) is 90.7 Å². The summed E-state index contributed by atoms with van der Waals surface area (Å²) < 4.78 is 11.1. The molecule has 0 aliphatic heterocycles. The third-order valence-electron chi connectivity index (χ3n) is 4.01. The number of nitro groups is 1. The number of carbonyl (C=O) groups excluding carboxylic acids is 1. The van der Waals surface area contributed by atoms with Crippen LogP contribution in [0.5, 0.6) is 11.5 Å². The molecular weight excluding hydrogens is 360 g/mol. The third kappa shape index (κ3) is 4.45. The Bertz CT molecular complexity index is 989. The number of hydrogen-bond acceptors (Lipinski definition) is 5. The van der Waals surface area contributed by atoms with Crippen molar-refractivity contribution >= 4 is 17.3 Å². The maximum Gasteiger partial charge on any atom is 0.292 e. The standard InChI is InChI=1S/C21H18N2O5/c1-27-20-13-16(11-12-19(20)28-14-15-7-3-2-4-8-15)21(24)22-17-9-5-6-10-18(17)23(25)26/h2-13H,14H2,1H3,(H,22,24). The second-order valence-electron chi connectivity index (χ2n) is 5.87. The smallest absolute Gasteiger partial charge is 0.292 e. The van der Waals surface area contributed by atoms with Crippen LogP contribution in [0.15, 0.2) is 72.8 Å². The summed E-state index contributed by atoms with van der Waals surface area (Å²) in [5.41, 5.74) is 1.25. The molecule has 0 heterocycles. The normalized spacial score (nSPS) is 10.2. The number of para-hydroxylation sites is 2. The molecule has 0 aliphatic carbocycles. The average molecular weight is 378 g/mol. The van der Waals surface area contributed by atoms with Gasteiger partial charge in [0.15, 0.2) is 11.5 Å². The van der Waals surface area contributed by atoms with Crippen molar-refractivity contribution in [3.63, 3.8) is 0 Å². The molecule has 0 aromatic heterocycles. The van der Waals surface area contributed by atoms with E-state index in [0.717, 1.165) is 5.56 Å². The lowest BCUT2D eigenvalue weighted by Gasteiger charge is -2.12. The molecule has 0 saturated heterocycles. The number of methoxy groups -OCH3 is 1. The van der Waals surface area contributed by atoms with E-state index in [1.807, 2.05) is 30.3 Å². The Balaban J connectivity index is 1.76. The van der Waals surface area contributed by atoms with Crippen molar-refractivity contribution < 1.29 is 19.2 Å². The quantitative estimate of drug-likeness (QED) is 0.485. The first-order valence-corrected chi connectivity index (χ1v) is 8.48. The Morgan fingerprint density at radius 3 is 2.43 bits per heavy atom. The van der Waals surface area contributed by atoms with Crippen LogP contribution in [0.3, 0.4) is 0 Å². The summed E-state index contributed by atoms with van der Waals surface area (Å²) in [6.07, 6.45) is 0. The van der Waals surface area contributed by atoms with Gasteiger partial charge in [-0.3, -0.25) is 14.9 Å². The number of carbonyl (C=O) groups is 1. The number of nitrogens with zero attached hydrogens (tertiary/aromatic N) is 1. The van der Waals surface area contributed by atoms with Crippen LogP contribution in [0.1, 0.15) is 15.9 Å². The summed E-state index contributed by atoms with van der Waals surface area (Å²) in [6.45, 7) is 0.360. The molecular formula is C21H18N2O5. The van der Waals surface area contributed by atoms with E-state index in [1.165, 1.54) is 31.4 Å². The maximum atomic E-state index is 12.5. The van der Waals surface area contributed by atoms with Crippen LogP contribution in [0, 0.1) is 10.1 Å². The van der Waals surface area contributed by atoms with Crippen molar-refractivity contribution in [3.05, 3.63) is 94.0 Å². The molecule has 3 aromatic rings. The van der Waals surface area contributed by atoms with Gasteiger partial charge in [0.1, 0.15) is 12.3 Å². The molecule has 0 aliphatic rings. The number of ether oxygens (including phenoxy) is 2. The van der Waals surface area contributed by atoms with E-state index in [2.05, 4.69) is 5.32 Å². The average Bonchev–Trinajstić information content (AvgIpc) is 2.73. The predicted molar refractivity (Wildman–Crippen MR) is 105 cm³/mol. The zero-order valence-electron chi connectivity index (χ0n) is 15.1. The fourth-order valence-corrected chi connectivity index (χ4v) is 2.60. The van der Waals surface area contributed by atoms with Gasteiger partial charge in [0.05, 0.1) is 12.0 Å². The van der Waals surface area contributed by atoms with Gasteiger partial charge in [-0.25, -0.2) is 0 Å². The molecule has 1 N–H and O–H groups in total. The first-order valence-electron chi connectivity index (χ1n) is 8.48. The number of benzene rings is 3. The monoisotopic (exact) mass is 378 g/mol. The summed E-state index contributed by atoms with van der Waals surface area (Å²) in [5, 5.41) is 13.7. The highest BCUT2D eigenvalue weighted by atomic mass is 16.6. The summed E-state index contributed by atoms with van der Waals surface area (Å²) >= 11 is 0. The molecule has 28 heavy (non-hydrogen) atoms. The molecule has 0 atom stereocenters. The van der Waals surface area contributed by atoms with Crippen molar-refractivity contribution in [2.45, 2.75) is 6.61 Å². The zero-order valence-corrected chi connectivity index (χ0v) is 15.1. The Morgan fingerprint density at radius 1 is 1.00 bits per heavy atom.